The molecule has 0 bridgehead atoms. The molecule has 0 aromatic heterocycles. The Labute approximate surface area is 172 Å². The number of ether oxygens (including phenoxy) is 2. The van der Waals surface area contributed by atoms with Crippen LogP contribution >= 0.6 is 11.6 Å². The van der Waals surface area contributed by atoms with Gasteiger partial charge in [-0.3, -0.25) is 9.59 Å². The van der Waals surface area contributed by atoms with Gasteiger partial charge in [0, 0.05) is 6.42 Å². The zero-order chi connectivity index (χ0) is 23.8. The van der Waals surface area contributed by atoms with Crippen LogP contribution in [0.1, 0.15) is 40.0 Å². The number of halogens is 9. The van der Waals surface area contributed by atoms with Crippen LogP contribution < -0.4 is 0 Å². The van der Waals surface area contributed by atoms with Gasteiger partial charge >= 0.3 is 35.1 Å². The first-order valence-electron chi connectivity index (χ1n) is 8.95. The minimum atomic E-state index is -6.56. The van der Waals surface area contributed by atoms with Crippen molar-refractivity contribution in [2.24, 2.45) is 17.3 Å². The Kier molecular flexibility index (Phi) is 7.71. The standard InChI is InChI=1S/C17H21ClF8O4/c1-4-29-11(27)13(12(28)30-5-2)6-9(3)10(7-13)8-14(19,20)15(21,22)16(23,24)17(18,25)26/h9-10H,4-8H2,1-3H3. The molecule has 1 aliphatic rings. The number of esters is 2. The van der Waals surface area contributed by atoms with Crippen molar-refractivity contribution in [3.8, 4) is 0 Å². The van der Waals surface area contributed by atoms with Crippen molar-refractivity contribution < 1.29 is 54.2 Å². The van der Waals surface area contributed by atoms with Gasteiger partial charge < -0.3 is 9.47 Å². The maximum Gasteiger partial charge on any atom is 0.392 e. The lowest BCUT2D eigenvalue weighted by molar-refractivity contribution is -0.351. The molecule has 0 aliphatic heterocycles. The molecule has 1 rings (SSSR count). The third kappa shape index (κ3) is 4.47. The normalized spacial score (nSPS) is 22.7. The summed E-state index contributed by atoms with van der Waals surface area (Å²) in [5.41, 5.74) is -2.10. The third-order valence-corrected chi connectivity index (χ3v) is 5.38. The predicted octanol–water partition coefficient (Wildman–Crippen LogP) is 5.27. The van der Waals surface area contributed by atoms with Crippen LogP contribution in [0.15, 0.2) is 0 Å². The molecule has 0 saturated heterocycles. The number of carbonyl (C=O) groups excluding carboxylic acids is 2. The van der Waals surface area contributed by atoms with Crippen LogP contribution in [0.4, 0.5) is 35.1 Å². The molecule has 0 spiro atoms. The van der Waals surface area contributed by atoms with E-state index in [2.05, 4.69) is 11.6 Å². The summed E-state index contributed by atoms with van der Waals surface area (Å²) in [5, 5.41) is -5.94. The molecule has 13 heteroatoms. The summed E-state index contributed by atoms with van der Waals surface area (Å²) >= 11 is 3.94. The van der Waals surface area contributed by atoms with Crippen LogP contribution in [0, 0.1) is 17.3 Å². The number of rotatable bonds is 9. The molecule has 0 aromatic carbocycles. The Morgan fingerprint density at radius 3 is 1.70 bits per heavy atom. The van der Waals surface area contributed by atoms with E-state index >= 15 is 0 Å². The van der Waals surface area contributed by atoms with E-state index in [1.807, 2.05) is 0 Å². The van der Waals surface area contributed by atoms with Crippen molar-refractivity contribution in [2.45, 2.75) is 63.2 Å². The van der Waals surface area contributed by atoms with Gasteiger partial charge in [0.25, 0.3) is 0 Å². The Bertz CT molecular complexity index is 632. The Morgan fingerprint density at radius 1 is 0.900 bits per heavy atom. The van der Waals surface area contributed by atoms with E-state index in [0.717, 1.165) is 0 Å². The second-order valence-corrected chi connectivity index (χ2v) is 7.70. The van der Waals surface area contributed by atoms with Gasteiger partial charge in [0.1, 0.15) is 0 Å². The molecule has 30 heavy (non-hydrogen) atoms. The largest absolute Gasteiger partial charge is 0.465 e. The van der Waals surface area contributed by atoms with Crippen LogP contribution in [-0.2, 0) is 19.1 Å². The summed E-state index contributed by atoms with van der Waals surface area (Å²) in [5.74, 6) is -23.6. The van der Waals surface area contributed by atoms with Crippen molar-refractivity contribution in [2.75, 3.05) is 13.2 Å². The molecular formula is C17H21ClF8O4. The molecule has 2 unspecified atom stereocenters. The number of carbonyl (C=O) groups is 2. The maximum atomic E-state index is 14.1. The zero-order valence-electron chi connectivity index (χ0n) is 16.2. The summed E-state index contributed by atoms with van der Waals surface area (Å²) in [4.78, 5) is 24.7. The summed E-state index contributed by atoms with van der Waals surface area (Å²) in [7, 11) is 0. The molecule has 0 radical (unpaired) electrons. The molecule has 1 saturated carbocycles. The second kappa shape index (κ2) is 8.66. The highest BCUT2D eigenvalue weighted by molar-refractivity contribution is 6.22. The first-order valence-corrected chi connectivity index (χ1v) is 9.33. The highest BCUT2D eigenvalue weighted by atomic mass is 35.5. The first-order chi connectivity index (χ1) is 13.4. The van der Waals surface area contributed by atoms with Gasteiger partial charge in [0.2, 0.25) is 0 Å². The van der Waals surface area contributed by atoms with Crippen molar-refractivity contribution in [3.63, 3.8) is 0 Å². The maximum absolute atomic E-state index is 14.1. The fourth-order valence-corrected chi connectivity index (χ4v) is 3.66. The quantitative estimate of drug-likeness (QED) is 0.197. The van der Waals surface area contributed by atoms with Gasteiger partial charge in [0.05, 0.1) is 13.2 Å². The van der Waals surface area contributed by atoms with E-state index in [1.165, 1.54) is 20.8 Å². The number of alkyl halides is 9. The SMILES string of the molecule is CCOC(=O)C1(C(=O)OCC)CC(C)C(CC(F)(F)C(F)(F)C(F)(F)C(F)(F)Cl)C1. The smallest absolute Gasteiger partial charge is 0.392 e. The lowest BCUT2D eigenvalue weighted by atomic mass is 9.83. The van der Waals surface area contributed by atoms with Crippen LogP contribution in [0.2, 0.25) is 0 Å². The summed E-state index contributed by atoms with van der Waals surface area (Å²) in [6.45, 7) is 3.65. The van der Waals surface area contributed by atoms with Gasteiger partial charge in [-0.05, 0) is 50.1 Å². The van der Waals surface area contributed by atoms with E-state index in [-0.39, 0.29) is 13.2 Å². The van der Waals surface area contributed by atoms with Crippen LogP contribution in [0.25, 0.3) is 0 Å². The Balaban J connectivity index is 3.24. The summed E-state index contributed by atoms with van der Waals surface area (Å²) in [6.07, 6.45) is -3.19. The molecule has 176 valence electrons. The van der Waals surface area contributed by atoms with Crippen molar-refractivity contribution >= 4 is 23.5 Å². The molecule has 1 aliphatic carbocycles. The van der Waals surface area contributed by atoms with E-state index in [4.69, 9.17) is 9.47 Å². The second-order valence-electron chi connectivity index (χ2n) is 7.22. The molecule has 4 nitrogen and oxygen atoms in total. The first kappa shape index (κ1) is 26.7. The Hall–Kier alpha value is -1.33. The summed E-state index contributed by atoms with van der Waals surface area (Å²) in [6, 6.07) is 0. The van der Waals surface area contributed by atoms with Gasteiger partial charge in [-0.2, -0.15) is 35.1 Å². The van der Waals surface area contributed by atoms with E-state index in [0.29, 0.717) is 0 Å². The van der Waals surface area contributed by atoms with Gasteiger partial charge in [-0.15, -0.1) is 0 Å². The molecule has 0 heterocycles. The van der Waals surface area contributed by atoms with Crippen LogP contribution in [0.5, 0.6) is 0 Å². The topological polar surface area (TPSA) is 52.6 Å². The lowest BCUT2D eigenvalue weighted by Gasteiger charge is -2.36. The summed E-state index contributed by atoms with van der Waals surface area (Å²) < 4.78 is 117. The molecule has 0 aromatic rings. The van der Waals surface area contributed by atoms with Crippen molar-refractivity contribution in [3.05, 3.63) is 0 Å². The predicted molar refractivity (Wildman–Crippen MR) is 87.8 cm³/mol. The van der Waals surface area contributed by atoms with E-state index < -0.39 is 71.6 Å². The van der Waals surface area contributed by atoms with Gasteiger partial charge in [-0.25, -0.2) is 0 Å². The molecule has 0 amide bonds. The van der Waals surface area contributed by atoms with Crippen LogP contribution in [-0.4, -0.2) is 48.3 Å². The van der Waals surface area contributed by atoms with Crippen molar-refractivity contribution in [1.82, 2.24) is 0 Å². The number of hydrogen-bond acceptors (Lipinski definition) is 4. The fourth-order valence-electron chi connectivity index (χ4n) is 3.54. The highest BCUT2D eigenvalue weighted by Crippen LogP contribution is 2.58. The van der Waals surface area contributed by atoms with Gasteiger partial charge in [0.15, 0.2) is 5.41 Å². The Morgan fingerprint density at radius 2 is 1.33 bits per heavy atom. The van der Waals surface area contributed by atoms with Gasteiger partial charge in [-0.1, -0.05) is 6.92 Å². The third-order valence-electron chi connectivity index (χ3n) is 5.15. The molecule has 0 N–H and O–H groups in total. The minimum absolute atomic E-state index is 0.190. The monoisotopic (exact) mass is 476 g/mol. The minimum Gasteiger partial charge on any atom is -0.465 e. The highest BCUT2D eigenvalue weighted by Gasteiger charge is 2.80. The zero-order valence-corrected chi connectivity index (χ0v) is 17.0. The van der Waals surface area contributed by atoms with Crippen LogP contribution in [0.3, 0.4) is 0 Å². The average molecular weight is 477 g/mol. The lowest BCUT2D eigenvalue weighted by Crippen LogP contribution is -2.61. The van der Waals surface area contributed by atoms with Crippen molar-refractivity contribution in [1.29, 1.82) is 0 Å². The molecule has 1 fully saturated rings. The molecular weight excluding hydrogens is 456 g/mol. The average Bonchev–Trinajstić information content (AvgIpc) is 2.91. The van der Waals surface area contributed by atoms with E-state index in [1.54, 1.807) is 0 Å². The fraction of sp³-hybridized carbons (Fsp3) is 0.882. The number of hydrogen-bond donors (Lipinski definition) is 0. The molecule has 2 atom stereocenters. The van der Waals surface area contributed by atoms with E-state index in [9.17, 15) is 44.7 Å².